The van der Waals surface area contributed by atoms with Crippen molar-refractivity contribution in [3.8, 4) is 0 Å². The highest BCUT2D eigenvalue weighted by atomic mass is 31.2. The standard InChI is InChI=1S/C11H23O4P/c1-9(2)7-16(13,14-10(3)4)15-11(8-12)5-6-11/h9-10,12H,5-8H2,1-4H3. The van der Waals surface area contributed by atoms with Crippen LogP contribution in [0.1, 0.15) is 40.5 Å². The van der Waals surface area contributed by atoms with Crippen molar-refractivity contribution in [1.29, 1.82) is 0 Å². The molecule has 1 aliphatic carbocycles. The third kappa shape index (κ3) is 4.17. The van der Waals surface area contributed by atoms with Crippen LogP contribution >= 0.6 is 7.60 Å². The Morgan fingerprint density at radius 3 is 2.19 bits per heavy atom. The summed E-state index contributed by atoms with van der Waals surface area (Å²) in [6, 6.07) is 0. The number of aliphatic hydroxyl groups excluding tert-OH is 1. The summed E-state index contributed by atoms with van der Waals surface area (Å²) in [5.74, 6) is 0.249. The molecule has 0 aliphatic heterocycles. The van der Waals surface area contributed by atoms with Crippen LogP contribution in [0.25, 0.3) is 0 Å². The monoisotopic (exact) mass is 250 g/mol. The summed E-state index contributed by atoms with van der Waals surface area (Å²) in [5, 5.41) is 9.19. The van der Waals surface area contributed by atoms with Crippen molar-refractivity contribution in [3.63, 3.8) is 0 Å². The summed E-state index contributed by atoms with van der Waals surface area (Å²) < 4.78 is 23.5. The molecule has 0 amide bonds. The molecule has 1 aliphatic rings. The molecule has 1 rings (SSSR count). The Hall–Kier alpha value is 0.110. The smallest absolute Gasteiger partial charge is 0.331 e. The molecule has 0 spiro atoms. The molecule has 1 fully saturated rings. The molecular weight excluding hydrogens is 227 g/mol. The summed E-state index contributed by atoms with van der Waals surface area (Å²) in [7, 11) is -3.07. The molecule has 0 bridgehead atoms. The molecule has 1 N–H and O–H groups in total. The summed E-state index contributed by atoms with van der Waals surface area (Å²) in [5.41, 5.74) is -0.584. The van der Waals surface area contributed by atoms with Crippen molar-refractivity contribution in [2.75, 3.05) is 12.8 Å². The number of rotatable bonds is 7. The average molecular weight is 250 g/mol. The minimum atomic E-state index is -3.07. The van der Waals surface area contributed by atoms with Crippen LogP contribution in [0.15, 0.2) is 0 Å². The molecule has 1 atom stereocenters. The molecule has 0 radical (unpaired) electrons. The highest BCUT2D eigenvalue weighted by molar-refractivity contribution is 7.53. The molecule has 16 heavy (non-hydrogen) atoms. The Bertz CT molecular complexity index is 257. The summed E-state index contributed by atoms with van der Waals surface area (Å²) in [6.45, 7) is 7.58. The summed E-state index contributed by atoms with van der Waals surface area (Å²) in [4.78, 5) is 0. The molecule has 0 saturated heterocycles. The van der Waals surface area contributed by atoms with Crippen molar-refractivity contribution in [1.82, 2.24) is 0 Å². The second kappa shape index (κ2) is 5.18. The van der Waals surface area contributed by atoms with E-state index < -0.39 is 13.2 Å². The van der Waals surface area contributed by atoms with E-state index in [4.69, 9.17) is 9.05 Å². The molecular formula is C11H23O4P. The molecule has 96 valence electrons. The first-order valence-corrected chi connectivity index (χ1v) is 7.63. The Balaban J connectivity index is 2.66. The minimum Gasteiger partial charge on any atom is -0.393 e. The van der Waals surface area contributed by atoms with Crippen molar-refractivity contribution >= 4 is 7.60 Å². The van der Waals surface area contributed by atoms with Gasteiger partial charge < -0.3 is 9.63 Å². The van der Waals surface area contributed by atoms with Gasteiger partial charge in [0.1, 0.15) is 5.60 Å². The minimum absolute atomic E-state index is 0.0729. The van der Waals surface area contributed by atoms with Gasteiger partial charge in [-0.15, -0.1) is 0 Å². The van der Waals surface area contributed by atoms with Crippen LogP contribution in [0.2, 0.25) is 0 Å². The van der Waals surface area contributed by atoms with Crippen LogP contribution in [0.5, 0.6) is 0 Å². The topological polar surface area (TPSA) is 55.8 Å². The van der Waals surface area contributed by atoms with E-state index in [0.29, 0.717) is 6.16 Å². The van der Waals surface area contributed by atoms with Crippen LogP contribution in [-0.4, -0.2) is 29.6 Å². The van der Waals surface area contributed by atoms with Crippen molar-refractivity contribution in [2.45, 2.75) is 52.2 Å². The van der Waals surface area contributed by atoms with Gasteiger partial charge in [-0.05, 0) is 32.6 Å². The first-order valence-electron chi connectivity index (χ1n) is 5.90. The predicted octanol–water partition coefficient (Wildman–Crippen LogP) is 2.80. The second-order valence-electron chi connectivity index (χ2n) is 5.27. The van der Waals surface area contributed by atoms with E-state index in [-0.39, 0.29) is 18.6 Å². The molecule has 0 aromatic heterocycles. The van der Waals surface area contributed by atoms with E-state index >= 15 is 0 Å². The van der Waals surface area contributed by atoms with E-state index in [1.165, 1.54) is 0 Å². The van der Waals surface area contributed by atoms with Crippen LogP contribution in [0.4, 0.5) is 0 Å². The van der Waals surface area contributed by atoms with Gasteiger partial charge in [0.2, 0.25) is 0 Å². The molecule has 5 heteroatoms. The highest BCUT2D eigenvalue weighted by Crippen LogP contribution is 2.59. The Morgan fingerprint density at radius 1 is 1.31 bits per heavy atom. The molecule has 1 saturated carbocycles. The number of aliphatic hydroxyl groups is 1. The van der Waals surface area contributed by atoms with E-state index in [9.17, 15) is 9.67 Å². The molecule has 1 unspecified atom stereocenters. The average Bonchev–Trinajstić information content (AvgIpc) is 2.81. The zero-order valence-electron chi connectivity index (χ0n) is 10.6. The fourth-order valence-electron chi connectivity index (χ4n) is 1.58. The van der Waals surface area contributed by atoms with Crippen LogP contribution in [-0.2, 0) is 13.6 Å². The summed E-state index contributed by atoms with van der Waals surface area (Å²) >= 11 is 0. The SMILES string of the molecule is CC(C)CP(=O)(OC(C)C)OC1(CO)CC1. The zero-order chi connectivity index (χ0) is 12.4. The van der Waals surface area contributed by atoms with Gasteiger partial charge in [-0.25, -0.2) is 0 Å². The van der Waals surface area contributed by atoms with Gasteiger partial charge in [-0.1, -0.05) is 13.8 Å². The lowest BCUT2D eigenvalue weighted by molar-refractivity contribution is 0.0641. The van der Waals surface area contributed by atoms with Gasteiger partial charge >= 0.3 is 7.60 Å². The van der Waals surface area contributed by atoms with Crippen molar-refractivity contribution < 1.29 is 18.7 Å². The third-order valence-corrected chi connectivity index (χ3v) is 4.97. The number of hydrogen-bond donors (Lipinski definition) is 1. The molecule has 0 aromatic rings. The Kier molecular flexibility index (Phi) is 4.58. The number of hydrogen-bond acceptors (Lipinski definition) is 4. The molecule has 0 heterocycles. The Morgan fingerprint density at radius 2 is 1.88 bits per heavy atom. The predicted molar refractivity (Wildman–Crippen MR) is 63.7 cm³/mol. The van der Waals surface area contributed by atoms with Gasteiger partial charge in [0.25, 0.3) is 0 Å². The first kappa shape index (κ1) is 14.2. The first-order chi connectivity index (χ1) is 7.31. The van der Waals surface area contributed by atoms with E-state index in [0.717, 1.165) is 12.8 Å². The normalized spacial score (nSPS) is 22.4. The van der Waals surface area contributed by atoms with Gasteiger partial charge in [0, 0.05) is 0 Å². The van der Waals surface area contributed by atoms with E-state index in [1.54, 1.807) is 0 Å². The lowest BCUT2D eigenvalue weighted by Gasteiger charge is -2.26. The summed E-state index contributed by atoms with van der Waals surface area (Å²) in [6.07, 6.45) is 1.83. The zero-order valence-corrected chi connectivity index (χ0v) is 11.5. The maximum atomic E-state index is 12.5. The second-order valence-corrected chi connectivity index (χ2v) is 7.25. The fourth-order valence-corrected chi connectivity index (χ4v) is 4.15. The maximum Gasteiger partial charge on any atom is 0.331 e. The Labute approximate surface area is 97.9 Å². The van der Waals surface area contributed by atoms with Gasteiger partial charge in [0.15, 0.2) is 0 Å². The van der Waals surface area contributed by atoms with Crippen LogP contribution < -0.4 is 0 Å². The lowest BCUT2D eigenvalue weighted by atomic mass is 10.3. The van der Waals surface area contributed by atoms with Crippen LogP contribution in [0.3, 0.4) is 0 Å². The van der Waals surface area contributed by atoms with E-state index in [2.05, 4.69) is 0 Å². The van der Waals surface area contributed by atoms with Gasteiger partial charge in [-0.3, -0.25) is 9.09 Å². The lowest BCUT2D eigenvalue weighted by Crippen LogP contribution is -2.21. The van der Waals surface area contributed by atoms with Crippen LogP contribution in [0, 0.1) is 5.92 Å². The van der Waals surface area contributed by atoms with Gasteiger partial charge in [-0.2, -0.15) is 0 Å². The quantitative estimate of drug-likeness (QED) is 0.706. The molecule has 0 aromatic carbocycles. The van der Waals surface area contributed by atoms with Crippen molar-refractivity contribution in [2.24, 2.45) is 5.92 Å². The maximum absolute atomic E-state index is 12.5. The highest BCUT2D eigenvalue weighted by Gasteiger charge is 2.49. The van der Waals surface area contributed by atoms with E-state index in [1.807, 2.05) is 27.7 Å². The third-order valence-electron chi connectivity index (χ3n) is 2.39. The molecule has 4 nitrogen and oxygen atoms in total. The van der Waals surface area contributed by atoms with Crippen molar-refractivity contribution in [3.05, 3.63) is 0 Å². The fraction of sp³-hybridized carbons (Fsp3) is 1.00. The van der Waals surface area contributed by atoms with Gasteiger partial charge in [0.05, 0.1) is 18.9 Å². The largest absolute Gasteiger partial charge is 0.393 e.